The first-order valence-corrected chi connectivity index (χ1v) is 8.75. The van der Waals surface area contributed by atoms with Crippen LogP contribution in [-0.4, -0.2) is 71.6 Å². The molecule has 1 aromatic heterocycles. The van der Waals surface area contributed by atoms with E-state index in [-0.39, 0.29) is 0 Å². The second-order valence-electron chi connectivity index (χ2n) is 7.05. The average molecular weight is 320 g/mol. The fourth-order valence-electron chi connectivity index (χ4n) is 3.37. The van der Waals surface area contributed by atoms with E-state index in [1.54, 1.807) is 0 Å². The minimum absolute atomic E-state index is 0.302. The number of carbonyl (C=O) groups is 1. The molecule has 0 bridgehead atoms. The topological polar surface area (TPSA) is 52.8 Å². The summed E-state index contributed by atoms with van der Waals surface area (Å²) < 4.78 is 5.28. The molecule has 6 nitrogen and oxygen atoms in total. The Morgan fingerprint density at radius 3 is 2.43 bits per heavy atom. The molecule has 6 heteroatoms. The van der Waals surface area contributed by atoms with E-state index in [1.807, 2.05) is 17.9 Å². The molecule has 1 amide bonds. The summed E-state index contributed by atoms with van der Waals surface area (Å²) in [6.07, 6.45) is 2.30. The molecule has 0 radical (unpaired) electrons. The lowest BCUT2D eigenvalue weighted by atomic mass is 9.99. The van der Waals surface area contributed by atoms with Crippen LogP contribution in [0.25, 0.3) is 0 Å². The van der Waals surface area contributed by atoms with Gasteiger partial charge in [-0.25, -0.2) is 0 Å². The highest BCUT2D eigenvalue weighted by molar-refractivity contribution is 5.78. The molecule has 3 rings (SSSR count). The molecular formula is C17H28N4O2. The lowest BCUT2D eigenvalue weighted by Gasteiger charge is -2.36. The van der Waals surface area contributed by atoms with E-state index in [1.165, 1.54) is 0 Å². The maximum atomic E-state index is 12.4. The summed E-state index contributed by atoms with van der Waals surface area (Å²) in [4.78, 5) is 19.1. The van der Waals surface area contributed by atoms with Crippen LogP contribution in [0.1, 0.15) is 31.2 Å². The molecule has 2 aliphatic rings. The van der Waals surface area contributed by atoms with Crippen LogP contribution in [0.3, 0.4) is 0 Å². The van der Waals surface area contributed by atoms with Gasteiger partial charge in [0.25, 0.3) is 0 Å². The zero-order chi connectivity index (χ0) is 16.2. The van der Waals surface area contributed by atoms with Crippen molar-refractivity contribution >= 4 is 5.91 Å². The third-order valence-corrected chi connectivity index (χ3v) is 5.02. The first-order valence-electron chi connectivity index (χ1n) is 8.75. The van der Waals surface area contributed by atoms with Crippen LogP contribution in [0.2, 0.25) is 0 Å². The molecule has 0 aromatic carbocycles. The van der Waals surface area contributed by atoms with Crippen molar-refractivity contribution in [2.75, 3.05) is 45.8 Å². The number of likely N-dealkylation sites (tertiary alicyclic amines) is 1. The molecule has 0 saturated carbocycles. The Hall–Kier alpha value is -1.40. The molecule has 1 aromatic rings. The number of amides is 1. The molecule has 2 fully saturated rings. The van der Waals surface area contributed by atoms with E-state index in [2.05, 4.69) is 21.9 Å². The highest BCUT2D eigenvalue weighted by Gasteiger charge is 2.24. The third kappa shape index (κ3) is 4.54. The predicted octanol–water partition coefficient (Wildman–Crippen LogP) is 1.36. The summed E-state index contributed by atoms with van der Waals surface area (Å²) in [5.41, 5.74) is 0.931. The van der Waals surface area contributed by atoms with Gasteiger partial charge in [0, 0.05) is 45.3 Å². The van der Waals surface area contributed by atoms with E-state index in [0.29, 0.717) is 12.5 Å². The Morgan fingerprint density at radius 2 is 1.83 bits per heavy atom. The largest absolute Gasteiger partial charge is 0.360 e. The number of rotatable bonds is 4. The van der Waals surface area contributed by atoms with Crippen molar-refractivity contribution in [1.82, 2.24) is 19.9 Å². The Kier molecular flexibility index (Phi) is 5.33. The van der Waals surface area contributed by atoms with Gasteiger partial charge in [-0.1, -0.05) is 12.1 Å². The van der Waals surface area contributed by atoms with Crippen molar-refractivity contribution in [3.63, 3.8) is 0 Å². The zero-order valence-electron chi connectivity index (χ0n) is 14.3. The van der Waals surface area contributed by atoms with Crippen LogP contribution in [-0.2, 0) is 11.3 Å². The Balaban J connectivity index is 1.39. The van der Waals surface area contributed by atoms with Gasteiger partial charge in [-0.15, -0.1) is 0 Å². The van der Waals surface area contributed by atoms with E-state index in [0.717, 1.165) is 76.0 Å². The molecule has 0 spiro atoms. The normalized spacial score (nSPS) is 21.7. The molecule has 0 aliphatic carbocycles. The van der Waals surface area contributed by atoms with Gasteiger partial charge in [0.2, 0.25) is 5.91 Å². The zero-order valence-corrected chi connectivity index (χ0v) is 14.3. The van der Waals surface area contributed by atoms with Crippen molar-refractivity contribution < 1.29 is 9.32 Å². The Morgan fingerprint density at radius 1 is 1.17 bits per heavy atom. The fraction of sp³-hybridized carbons (Fsp3) is 0.765. The minimum Gasteiger partial charge on any atom is -0.360 e. The third-order valence-electron chi connectivity index (χ3n) is 5.02. The average Bonchev–Trinajstić information content (AvgIpc) is 2.95. The minimum atomic E-state index is 0.302. The summed E-state index contributed by atoms with van der Waals surface area (Å²) in [6.45, 7) is 11.3. The number of hydrogen-bond donors (Lipinski definition) is 0. The van der Waals surface area contributed by atoms with Crippen LogP contribution < -0.4 is 0 Å². The molecule has 23 heavy (non-hydrogen) atoms. The highest BCUT2D eigenvalue weighted by atomic mass is 16.5. The number of aryl methyl sites for hydroxylation is 1. The van der Waals surface area contributed by atoms with Gasteiger partial charge in [0.15, 0.2) is 5.76 Å². The van der Waals surface area contributed by atoms with E-state index < -0.39 is 0 Å². The number of hydrogen-bond acceptors (Lipinski definition) is 5. The lowest BCUT2D eigenvalue weighted by Crippen LogP contribution is -2.50. The second kappa shape index (κ2) is 7.45. The highest BCUT2D eigenvalue weighted by Crippen LogP contribution is 2.16. The summed E-state index contributed by atoms with van der Waals surface area (Å²) in [6, 6.07) is 1.99. The van der Waals surface area contributed by atoms with E-state index in [4.69, 9.17) is 4.52 Å². The number of aromatic nitrogens is 1. The van der Waals surface area contributed by atoms with Gasteiger partial charge in [-0.05, 0) is 25.7 Å². The van der Waals surface area contributed by atoms with Gasteiger partial charge >= 0.3 is 0 Å². The van der Waals surface area contributed by atoms with Crippen LogP contribution in [0.5, 0.6) is 0 Å². The van der Waals surface area contributed by atoms with Crippen molar-refractivity contribution in [2.24, 2.45) is 5.92 Å². The summed E-state index contributed by atoms with van der Waals surface area (Å²) in [5.74, 6) is 1.99. The SMILES string of the molecule is Cc1cc(CN2CCN(CC(=O)N3CCC(C)CC3)CC2)on1. The summed E-state index contributed by atoms with van der Waals surface area (Å²) >= 11 is 0. The maximum Gasteiger partial charge on any atom is 0.236 e. The molecule has 0 N–H and O–H groups in total. The predicted molar refractivity (Wildman–Crippen MR) is 87.9 cm³/mol. The first-order chi connectivity index (χ1) is 11.1. The fourth-order valence-corrected chi connectivity index (χ4v) is 3.37. The number of piperazine rings is 1. The lowest BCUT2D eigenvalue weighted by molar-refractivity contribution is -0.134. The molecule has 2 saturated heterocycles. The van der Waals surface area contributed by atoms with Gasteiger partial charge in [-0.3, -0.25) is 14.6 Å². The van der Waals surface area contributed by atoms with Crippen LogP contribution in [0, 0.1) is 12.8 Å². The molecule has 0 unspecified atom stereocenters. The number of piperidine rings is 1. The molecule has 3 heterocycles. The Labute approximate surface area is 138 Å². The number of carbonyl (C=O) groups excluding carboxylic acids is 1. The van der Waals surface area contributed by atoms with Gasteiger partial charge < -0.3 is 9.42 Å². The second-order valence-corrected chi connectivity index (χ2v) is 7.05. The molecule has 0 atom stereocenters. The molecule has 128 valence electrons. The smallest absolute Gasteiger partial charge is 0.236 e. The van der Waals surface area contributed by atoms with Gasteiger partial charge in [-0.2, -0.15) is 0 Å². The van der Waals surface area contributed by atoms with Crippen molar-refractivity contribution in [1.29, 1.82) is 0 Å². The van der Waals surface area contributed by atoms with Crippen LogP contribution in [0.15, 0.2) is 10.6 Å². The van der Waals surface area contributed by atoms with Crippen LogP contribution in [0.4, 0.5) is 0 Å². The summed E-state index contributed by atoms with van der Waals surface area (Å²) in [5, 5.41) is 3.93. The maximum absolute atomic E-state index is 12.4. The first kappa shape index (κ1) is 16.5. The monoisotopic (exact) mass is 320 g/mol. The van der Waals surface area contributed by atoms with Gasteiger partial charge in [0.1, 0.15) is 0 Å². The Bertz CT molecular complexity index is 514. The van der Waals surface area contributed by atoms with Crippen LogP contribution >= 0.6 is 0 Å². The van der Waals surface area contributed by atoms with E-state index >= 15 is 0 Å². The molecule has 2 aliphatic heterocycles. The standard InChI is InChI=1S/C17H28N4O2/c1-14-3-5-21(6-4-14)17(22)13-20-9-7-19(8-10-20)12-16-11-15(2)18-23-16/h11,14H,3-10,12-13H2,1-2H3. The van der Waals surface area contributed by atoms with Gasteiger partial charge in [0.05, 0.1) is 18.8 Å². The summed E-state index contributed by atoms with van der Waals surface area (Å²) in [7, 11) is 0. The van der Waals surface area contributed by atoms with Crippen molar-refractivity contribution in [3.05, 3.63) is 17.5 Å². The van der Waals surface area contributed by atoms with Crippen molar-refractivity contribution in [3.8, 4) is 0 Å². The molecular weight excluding hydrogens is 292 g/mol. The van der Waals surface area contributed by atoms with Crippen molar-refractivity contribution in [2.45, 2.75) is 33.2 Å². The van der Waals surface area contributed by atoms with E-state index in [9.17, 15) is 4.79 Å². The quantitative estimate of drug-likeness (QED) is 0.838. The number of nitrogens with zero attached hydrogens (tertiary/aromatic N) is 4.